The average molecular weight is 405 g/mol. The maximum atomic E-state index is 14.8. The van der Waals surface area contributed by atoms with E-state index < -0.39 is 0 Å². The summed E-state index contributed by atoms with van der Waals surface area (Å²) in [7, 11) is 1.52. The molecule has 154 valence electrons. The summed E-state index contributed by atoms with van der Waals surface area (Å²) in [4.78, 5) is 4.24. The van der Waals surface area contributed by atoms with Crippen molar-refractivity contribution in [3.05, 3.63) is 84.3 Å². The number of aryl methyl sites for hydroxylation is 1. The van der Waals surface area contributed by atoms with Crippen LogP contribution in [-0.4, -0.2) is 33.0 Å². The van der Waals surface area contributed by atoms with Crippen LogP contribution in [0.25, 0.3) is 16.9 Å². The summed E-state index contributed by atoms with van der Waals surface area (Å²) in [6.45, 7) is 4.12. The van der Waals surface area contributed by atoms with E-state index in [2.05, 4.69) is 14.9 Å². The summed E-state index contributed by atoms with van der Waals surface area (Å²) in [5.74, 6) is 1.10. The Morgan fingerprint density at radius 3 is 2.67 bits per heavy atom. The fourth-order valence-electron chi connectivity index (χ4n) is 3.36. The lowest BCUT2D eigenvalue weighted by molar-refractivity contribution is 0.411. The quantitative estimate of drug-likeness (QED) is 0.451. The summed E-state index contributed by atoms with van der Waals surface area (Å²) in [5.41, 5.74) is 2.91. The van der Waals surface area contributed by atoms with Crippen LogP contribution in [0, 0.1) is 12.7 Å². The van der Waals surface area contributed by atoms with Crippen molar-refractivity contribution in [3.8, 4) is 22.7 Å². The molecule has 0 atom stereocenters. The maximum absolute atomic E-state index is 14.8. The van der Waals surface area contributed by atoms with Gasteiger partial charge in [-0.15, -0.1) is 0 Å². The van der Waals surface area contributed by atoms with Crippen LogP contribution in [0.1, 0.15) is 11.4 Å². The van der Waals surface area contributed by atoms with E-state index in [0.717, 1.165) is 30.2 Å². The number of nitrogens with zero attached hydrogens (tertiary/aromatic N) is 4. The van der Waals surface area contributed by atoms with Crippen LogP contribution >= 0.6 is 0 Å². The third-order valence-electron chi connectivity index (χ3n) is 5.01. The SMILES string of the molecule is COc1ccc(-c2nn(-c3ccccc3)cc2CNCCn2ccnc2C)c(F)c1. The number of imidazole rings is 1. The number of nitrogens with one attached hydrogen (secondary N) is 1. The first kappa shape index (κ1) is 19.8. The van der Waals surface area contributed by atoms with Crippen LogP contribution in [0.2, 0.25) is 0 Å². The van der Waals surface area contributed by atoms with E-state index in [4.69, 9.17) is 9.84 Å². The van der Waals surface area contributed by atoms with Crippen LogP contribution in [0.5, 0.6) is 5.75 Å². The first-order chi connectivity index (χ1) is 14.7. The standard InChI is InChI=1S/C23H24FN5O/c1-17-26-11-13-28(17)12-10-25-15-18-16-29(19-6-4-3-5-7-19)27-23(18)21-9-8-20(30-2)14-22(21)24/h3-9,11,13-14,16,25H,10,12,15H2,1-2H3. The summed E-state index contributed by atoms with van der Waals surface area (Å²) >= 11 is 0. The van der Waals surface area contributed by atoms with Crippen molar-refractivity contribution in [2.45, 2.75) is 20.0 Å². The second-order valence-corrected chi connectivity index (χ2v) is 6.97. The van der Waals surface area contributed by atoms with Crippen LogP contribution in [0.15, 0.2) is 67.1 Å². The zero-order valence-corrected chi connectivity index (χ0v) is 17.0. The molecule has 0 unspecified atom stereocenters. The largest absolute Gasteiger partial charge is 0.497 e. The van der Waals surface area contributed by atoms with Crippen molar-refractivity contribution in [2.24, 2.45) is 0 Å². The van der Waals surface area contributed by atoms with E-state index in [1.807, 2.05) is 49.6 Å². The molecule has 30 heavy (non-hydrogen) atoms. The Kier molecular flexibility index (Phi) is 5.90. The summed E-state index contributed by atoms with van der Waals surface area (Å²) in [6, 6.07) is 14.7. The number of benzene rings is 2. The van der Waals surface area contributed by atoms with Gasteiger partial charge in [-0.3, -0.25) is 0 Å². The minimum atomic E-state index is -0.358. The zero-order valence-electron chi connectivity index (χ0n) is 17.0. The van der Waals surface area contributed by atoms with E-state index in [1.54, 1.807) is 23.0 Å². The molecule has 0 fully saturated rings. The van der Waals surface area contributed by atoms with E-state index >= 15 is 0 Å². The number of para-hydroxylation sites is 1. The third-order valence-corrected chi connectivity index (χ3v) is 5.01. The van der Waals surface area contributed by atoms with E-state index in [-0.39, 0.29) is 5.82 Å². The number of halogens is 1. The molecule has 0 radical (unpaired) electrons. The van der Waals surface area contributed by atoms with Gasteiger partial charge >= 0.3 is 0 Å². The molecule has 0 bridgehead atoms. The van der Waals surface area contributed by atoms with Crippen LogP contribution in [0.4, 0.5) is 4.39 Å². The average Bonchev–Trinajstić information content (AvgIpc) is 3.38. The number of methoxy groups -OCH3 is 1. The predicted molar refractivity (Wildman–Crippen MR) is 114 cm³/mol. The molecule has 4 rings (SSSR count). The molecule has 7 heteroatoms. The molecule has 2 heterocycles. The van der Waals surface area contributed by atoms with Crippen molar-refractivity contribution < 1.29 is 9.13 Å². The molecular formula is C23H24FN5O. The fraction of sp³-hybridized carbons (Fsp3) is 0.217. The molecule has 2 aromatic carbocycles. The fourth-order valence-corrected chi connectivity index (χ4v) is 3.36. The number of aromatic nitrogens is 4. The molecule has 0 saturated heterocycles. The summed E-state index contributed by atoms with van der Waals surface area (Å²) < 4.78 is 23.8. The number of hydrogen-bond acceptors (Lipinski definition) is 4. The van der Waals surface area contributed by atoms with Crippen molar-refractivity contribution in [3.63, 3.8) is 0 Å². The minimum absolute atomic E-state index is 0.358. The molecule has 0 amide bonds. The van der Waals surface area contributed by atoms with Gasteiger partial charge in [0.25, 0.3) is 0 Å². The highest BCUT2D eigenvalue weighted by Crippen LogP contribution is 2.28. The van der Waals surface area contributed by atoms with Crippen molar-refractivity contribution in [2.75, 3.05) is 13.7 Å². The lowest BCUT2D eigenvalue weighted by atomic mass is 10.1. The minimum Gasteiger partial charge on any atom is -0.497 e. The van der Waals surface area contributed by atoms with Gasteiger partial charge in [0.05, 0.1) is 12.8 Å². The smallest absolute Gasteiger partial charge is 0.136 e. The van der Waals surface area contributed by atoms with Gasteiger partial charge in [-0.1, -0.05) is 18.2 Å². The molecule has 0 aliphatic rings. The monoisotopic (exact) mass is 405 g/mol. The van der Waals surface area contributed by atoms with Gasteiger partial charge in [-0.25, -0.2) is 14.1 Å². The Morgan fingerprint density at radius 1 is 1.13 bits per heavy atom. The molecule has 0 spiro atoms. The number of hydrogen-bond donors (Lipinski definition) is 1. The van der Waals surface area contributed by atoms with E-state index in [0.29, 0.717) is 23.6 Å². The van der Waals surface area contributed by atoms with Crippen LogP contribution < -0.4 is 10.1 Å². The molecule has 0 aliphatic carbocycles. The molecule has 6 nitrogen and oxygen atoms in total. The Hall–Kier alpha value is -3.45. The Bertz CT molecular complexity index is 1120. The van der Waals surface area contributed by atoms with Gasteiger partial charge in [0.1, 0.15) is 23.1 Å². The zero-order chi connectivity index (χ0) is 20.9. The highest BCUT2D eigenvalue weighted by atomic mass is 19.1. The molecule has 2 aromatic heterocycles. The third kappa shape index (κ3) is 4.26. The lowest BCUT2D eigenvalue weighted by Crippen LogP contribution is -2.20. The molecular weight excluding hydrogens is 381 g/mol. The van der Waals surface area contributed by atoms with Gasteiger partial charge < -0.3 is 14.6 Å². The van der Waals surface area contributed by atoms with E-state index in [9.17, 15) is 4.39 Å². The van der Waals surface area contributed by atoms with Crippen molar-refractivity contribution in [1.29, 1.82) is 0 Å². The highest BCUT2D eigenvalue weighted by Gasteiger charge is 2.16. The lowest BCUT2D eigenvalue weighted by Gasteiger charge is -2.08. The van der Waals surface area contributed by atoms with Crippen molar-refractivity contribution in [1.82, 2.24) is 24.6 Å². The van der Waals surface area contributed by atoms with Crippen LogP contribution in [0.3, 0.4) is 0 Å². The molecule has 4 aromatic rings. The van der Waals surface area contributed by atoms with Gasteiger partial charge in [0, 0.05) is 55.4 Å². The van der Waals surface area contributed by atoms with Gasteiger partial charge in [-0.2, -0.15) is 5.10 Å². The number of rotatable bonds is 8. The van der Waals surface area contributed by atoms with E-state index in [1.165, 1.54) is 13.2 Å². The number of ether oxygens (including phenoxy) is 1. The molecule has 0 aliphatic heterocycles. The summed E-state index contributed by atoms with van der Waals surface area (Å²) in [6.07, 6.45) is 5.70. The Morgan fingerprint density at radius 2 is 1.97 bits per heavy atom. The van der Waals surface area contributed by atoms with Gasteiger partial charge in [0.15, 0.2) is 0 Å². The second-order valence-electron chi connectivity index (χ2n) is 6.97. The summed E-state index contributed by atoms with van der Waals surface area (Å²) in [5, 5.41) is 8.13. The van der Waals surface area contributed by atoms with Crippen LogP contribution in [-0.2, 0) is 13.1 Å². The second kappa shape index (κ2) is 8.92. The Labute approximate surface area is 175 Å². The van der Waals surface area contributed by atoms with Crippen molar-refractivity contribution >= 4 is 0 Å². The highest BCUT2D eigenvalue weighted by molar-refractivity contribution is 5.65. The first-order valence-corrected chi connectivity index (χ1v) is 9.82. The topological polar surface area (TPSA) is 56.9 Å². The van der Waals surface area contributed by atoms with Gasteiger partial charge in [-0.05, 0) is 31.2 Å². The van der Waals surface area contributed by atoms with Gasteiger partial charge in [0.2, 0.25) is 0 Å². The molecule has 0 saturated carbocycles. The first-order valence-electron chi connectivity index (χ1n) is 9.82. The Balaban J connectivity index is 1.59. The predicted octanol–water partition coefficient (Wildman–Crippen LogP) is 3.98. The normalized spacial score (nSPS) is 11.0. The molecule has 1 N–H and O–H groups in total. The maximum Gasteiger partial charge on any atom is 0.136 e.